The molecule has 0 aromatic heterocycles. The van der Waals surface area contributed by atoms with Gasteiger partial charge in [0, 0.05) is 23.0 Å². The van der Waals surface area contributed by atoms with Crippen molar-refractivity contribution in [1.29, 1.82) is 0 Å². The van der Waals surface area contributed by atoms with Crippen molar-refractivity contribution in [3.63, 3.8) is 0 Å². The van der Waals surface area contributed by atoms with Crippen LogP contribution in [0.1, 0.15) is 24.8 Å². The molecule has 2 atom stereocenters. The number of carbonyl (C=O) groups is 1. The first kappa shape index (κ1) is 17.2. The highest BCUT2D eigenvalue weighted by Gasteiger charge is 2.31. The zero-order valence-electron chi connectivity index (χ0n) is 11.1. The van der Waals surface area contributed by atoms with Crippen LogP contribution in [0.4, 0.5) is 4.39 Å². The molecule has 3 N–H and O–H groups in total. The quantitative estimate of drug-likeness (QED) is 0.896. The molecule has 0 radical (unpaired) electrons. The zero-order chi connectivity index (χ0) is 13.8. The summed E-state index contributed by atoms with van der Waals surface area (Å²) in [5.74, 6) is -0.242. The largest absolute Gasteiger partial charge is 0.352 e. The van der Waals surface area contributed by atoms with E-state index in [1.54, 1.807) is 12.1 Å². The van der Waals surface area contributed by atoms with Crippen LogP contribution in [0.15, 0.2) is 18.2 Å². The highest BCUT2D eigenvalue weighted by molar-refractivity contribution is 6.31. The van der Waals surface area contributed by atoms with Crippen LogP contribution in [0.2, 0.25) is 5.02 Å². The van der Waals surface area contributed by atoms with E-state index in [1.807, 2.05) is 0 Å². The lowest BCUT2D eigenvalue weighted by molar-refractivity contribution is -0.126. The fourth-order valence-corrected chi connectivity index (χ4v) is 2.90. The molecule has 0 bridgehead atoms. The minimum atomic E-state index is -0.394. The Morgan fingerprint density at radius 3 is 2.85 bits per heavy atom. The molecular weight excluding hydrogens is 302 g/mol. The van der Waals surface area contributed by atoms with Gasteiger partial charge in [-0.05, 0) is 37.4 Å². The predicted molar refractivity (Wildman–Crippen MR) is 80.4 cm³/mol. The number of halogens is 3. The van der Waals surface area contributed by atoms with Crippen LogP contribution in [-0.2, 0) is 11.3 Å². The van der Waals surface area contributed by atoms with E-state index in [-0.39, 0.29) is 36.7 Å². The number of benzene rings is 1. The second-order valence-electron chi connectivity index (χ2n) is 4.95. The number of carbonyl (C=O) groups excluding carboxylic acids is 1. The summed E-state index contributed by atoms with van der Waals surface area (Å²) < 4.78 is 13.6. The molecule has 1 fully saturated rings. The summed E-state index contributed by atoms with van der Waals surface area (Å²) in [5, 5.41) is 3.10. The summed E-state index contributed by atoms with van der Waals surface area (Å²) in [5.41, 5.74) is 5.99. The number of nitrogens with two attached hydrogens (primary N) is 1. The maximum atomic E-state index is 13.6. The lowest BCUT2D eigenvalue weighted by Crippen LogP contribution is -2.34. The third-order valence-electron chi connectivity index (χ3n) is 3.80. The summed E-state index contributed by atoms with van der Waals surface area (Å²) >= 11 is 5.92. The van der Waals surface area contributed by atoms with Gasteiger partial charge in [-0.2, -0.15) is 0 Å². The Balaban J connectivity index is 0.00000200. The first-order chi connectivity index (χ1) is 9.13. The maximum Gasteiger partial charge on any atom is 0.223 e. The smallest absolute Gasteiger partial charge is 0.223 e. The topological polar surface area (TPSA) is 55.1 Å². The number of hydrogen-bond acceptors (Lipinski definition) is 2. The molecule has 112 valence electrons. The third-order valence-corrected chi connectivity index (χ3v) is 4.15. The molecule has 6 heteroatoms. The van der Waals surface area contributed by atoms with Crippen LogP contribution in [0, 0.1) is 17.7 Å². The molecule has 1 aromatic carbocycles. The molecule has 1 amide bonds. The van der Waals surface area contributed by atoms with Crippen molar-refractivity contribution < 1.29 is 9.18 Å². The van der Waals surface area contributed by atoms with E-state index in [0.717, 1.165) is 19.3 Å². The van der Waals surface area contributed by atoms with Crippen molar-refractivity contribution in [2.75, 3.05) is 6.54 Å². The van der Waals surface area contributed by atoms with Crippen molar-refractivity contribution >= 4 is 29.9 Å². The van der Waals surface area contributed by atoms with E-state index in [9.17, 15) is 9.18 Å². The molecular formula is C14H19Cl2FN2O. The minimum Gasteiger partial charge on any atom is -0.352 e. The first-order valence-corrected chi connectivity index (χ1v) is 6.92. The SMILES string of the molecule is Cl.NC[C@H]1CCC[C@H]1C(=O)NCc1c(F)cccc1Cl. The molecule has 0 heterocycles. The van der Waals surface area contributed by atoms with Crippen LogP contribution >= 0.6 is 24.0 Å². The molecule has 0 saturated heterocycles. The van der Waals surface area contributed by atoms with Gasteiger partial charge in [-0.15, -0.1) is 12.4 Å². The Morgan fingerprint density at radius 2 is 2.20 bits per heavy atom. The molecule has 1 aliphatic rings. The molecule has 1 saturated carbocycles. The van der Waals surface area contributed by atoms with Crippen molar-refractivity contribution in [2.45, 2.75) is 25.8 Å². The van der Waals surface area contributed by atoms with Crippen LogP contribution in [0.3, 0.4) is 0 Å². The fourth-order valence-electron chi connectivity index (χ4n) is 2.67. The number of rotatable bonds is 4. The standard InChI is InChI=1S/C14H18ClFN2O.ClH/c15-12-5-2-6-13(16)11(12)8-18-14(19)10-4-1-3-9(10)7-17;/h2,5-6,9-10H,1,3-4,7-8,17H2,(H,18,19);1H/t9-,10-;/m1./s1. The lowest BCUT2D eigenvalue weighted by Gasteiger charge is -2.17. The Bertz CT molecular complexity index is 450. The van der Waals surface area contributed by atoms with Gasteiger partial charge < -0.3 is 11.1 Å². The molecule has 1 aromatic rings. The van der Waals surface area contributed by atoms with Crippen LogP contribution in [-0.4, -0.2) is 12.5 Å². The summed E-state index contributed by atoms with van der Waals surface area (Å²) in [7, 11) is 0. The zero-order valence-corrected chi connectivity index (χ0v) is 12.6. The van der Waals surface area contributed by atoms with Crippen molar-refractivity contribution in [3.05, 3.63) is 34.6 Å². The second kappa shape index (κ2) is 7.81. The Labute approximate surface area is 129 Å². The van der Waals surface area contributed by atoms with Crippen LogP contribution in [0.25, 0.3) is 0 Å². The average molecular weight is 321 g/mol. The maximum absolute atomic E-state index is 13.6. The summed E-state index contributed by atoms with van der Waals surface area (Å²) in [4.78, 5) is 12.1. The van der Waals surface area contributed by atoms with Gasteiger partial charge in [0.2, 0.25) is 5.91 Å². The van der Waals surface area contributed by atoms with E-state index >= 15 is 0 Å². The van der Waals surface area contributed by atoms with E-state index < -0.39 is 5.82 Å². The van der Waals surface area contributed by atoms with Gasteiger partial charge in [-0.25, -0.2) is 4.39 Å². The van der Waals surface area contributed by atoms with E-state index in [4.69, 9.17) is 17.3 Å². The second-order valence-corrected chi connectivity index (χ2v) is 5.36. The first-order valence-electron chi connectivity index (χ1n) is 6.54. The minimum absolute atomic E-state index is 0. The summed E-state index contributed by atoms with van der Waals surface area (Å²) in [6.07, 6.45) is 2.88. The number of amides is 1. The van der Waals surface area contributed by atoms with Crippen molar-refractivity contribution in [2.24, 2.45) is 17.6 Å². The average Bonchev–Trinajstić information content (AvgIpc) is 2.86. The summed E-state index contributed by atoms with van der Waals surface area (Å²) in [6, 6.07) is 4.50. The van der Waals surface area contributed by atoms with Gasteiger partial charge in [0.25, 0.3) is 0 Å². The van der Waals surface area contributed by atoms with E-state index in [2.05, 4.69) is 5.32 Å². The van der Waals surface area contributed by atoms with Crippen molar-refractivity contribution in [3.8, 4) is 0 Å². The number of hydrogen-bond donors (Lipinski definition) is 2. The molecule has 0 aliphatic heterocycles. The van der Waals surface area contributed by atoms with Gasteiger partial charge in [-0.3, -0.25) is 4.79 Å². The van der Waals surface area contributed by atoms with Crippen LogP contribution in [0.5, 0.6) is 0 Å². The van der Waals surface area contributed by atoms with E-state index in [0.29, 0.717) is 17.1 Å². The molecule has 3 nitrogen and oxygen atoms in total. The highest BCUT2D eigenvalue weighted by Crippen LogP contribution is 2.31. The van der Waals surface area contributed by atoms with Crippen LogP contribution < -0.4 is 11.1 Å². The Hall–Kier alpha value is -0.840. The molecule has 1 aliphatic carbocycles. The third kappa shape index (κ3) is 3.84. The predicted octanol–water partition coefficient (Wildman–Crippen LogP) is 2.89. The molecule has 20 heavy (non-hydrogen) atoms. The molecule has 0 spiro atoms. The van der Waals surface area contributed by atoms with Crippen molar-refractivity contribution in [1.82, 2.24) is 5.32 Å². The normalized spacial score (nSPS) is 21.4. The Morgan fingerprint density at radius 1 is 1.45 bits per heavy atom. The van der Waals surface area contributed by atoms with Gasteiger partial charge >= 0.3 is 0 Å². The monoisotopic (exact) mass is 320 g/mol. The number of nitrogens with one attached hydrogen (secondary N) is 1. The van der Waals surface area contributed by atoms with Gasteiger partial charge in [0.05, 0.1) is 0 Å². The lowest BCUT2D eigenvalue weighted by atomic mass is 9.95. The van der Waals surface area contributed by atoms with E-state index in [1.165, 1.54) is 6.07 Å². The Kier molecular flexibility index (Phi) is 6.72. The van der Waals surface area contributed by atoms with Gasteiger partial charge in [0.15, 0.2) is 0 Å². The highest BCUT2D eigenvalue weighted by atomic mass is 35.5. The van der Waals surface area contributed by atoms with Gasteiger partial charge in [0.1, 0.15) is 5.82 Å². The van der Waals surface area contributed by atoms with Gasteiger partial charge in [-0.1, -0.05) is 24.1 Å². The molecule has 2 rings (SSSR count). The summed E-state index contributed by atoms with van der Waals surface area (Å²) in [6.45, 7) is 0.649. The fraction of sp³-hybridized carbons (Fsp3) is 0.500. The molecule has 0 unspecified atom stereocenters.